The van der Waals surface area contributed by atoms with Crippen molar-refractivity contribution >= 4 is 34.8 Å². The molecule has 0 spiro atoms. The Kier molecular flexibility index (Phi) is 5.87. The predicted octanol–water partition coefficient (Wildman–Crippen LogP) is 4.64. The maximum atomic E-state index is 12.8. The van der Waals surface area contributed by atoms with Gasteiger partial charge in [0.05, 0.1) is 34.8 Å². The Labute approximate surface area is 168 Å². The predicted molar refractivity (Wildman–Crippen MR) is 107 cm³/mol. The van der Waals surface area contributed by atoms with Crippen LogP contribution in [-0.2, 0) is 11.3 Å². The molecule has 0 fully saturated rings. The molecule has 0 bridgehead atoms. The summed E-state index contributed by atoms with van der Waals surface area (Å²) < 4.78 is 3.45. The Bertz CT molecular complexity index is 946. The minimum Gasteiger partial charge on any atom is -0.322 e. The summed E-state index contributed by atoms with van der Waals surface area (Å²) in [6.45, 7) is 6.23. The van der Waals surface area contributed by atoms with Crippen molar-refractivity contribution in [2.75, 3.05) is 5.32 Å². The highest BCUT2D eigenvalue weighted by atomic mass is 35.5. The number of carbonyl (C=O) groups is 1. The Morgan fingerprint density at radius 1 is 1.22 bits per heavy atom. The Hall–Kier alpha value is -2.31. The van der Waals surface area contributed by atoms with E-state index in [1.54, 1.807) is 21.8 Å². The maximum Gasteiger partial charge on any atom is 0.249 e. The van der Waals surface area contributed by atoms with Crippen LogP contribution in [0.2, 0.25) is 10.0 Å². The van der Waals surface area contributed by atoms with Gasteiger partial charge in [0.2, 0.25) is 5.91 Å². The van der Waals surface area contributed by atoms with E-state index in [4.69, 9.17) is 23.2 Å². The summed E-state index contributed by atoms with van der Waals surface area (Å²) in [6.07, 6.45) is 4.03. The molecule has 0 saturated heterocycles. The van der Waals surface area contributed by atoms with Gasteiger partial charge < -0.3 is 5.32 Å². The number of amides is 1. The van der Waals surface area contributed by atoms with Crippen molar-refractivity contribution in [1.82, 2.24) is 19.6 Å². The summed E-state index contributed by atoms with van der Waals surface area (Å²) in [5.41, 5.74) is 3.22. The fourth-order valence-electron chi connectivity index (χ4n) is 2.93. The van der Waals surface area contributed by atoms with Gasteiger partial charge in [0.15, 0.2) is 0 Å². The van der Waals surface area contributed by atoms with Crippen molar-refractivity contribution < 1.29 is 4.79 Å². The van der Waals surface area contributed by atoms with E-state index in [1.165, 1.54) is 0 Å². The molecule has 1 N–H and O–H groups in total. The molecule has 3 aromatic rings. The highest BCUT2D eigenvalue weighted by Crippen LogP contribution is 2.24. The molecule has 1 aromatic carbocycles. The van der Waals surface area contributed by atoms with Gasteiger partial charge >= 0.3 is 0 Å². The van der Waals surface area contributed by atoms with Gasteiger partial charge in [-0.2, -0.15) is 10.2 Å². The van der Waals surface area contributed by atoms with E-state index >= 15 is 0 Å². The van der Waals surface area contributed by atoms with Gasteiger partial charge in [-0.3, -0.25) is 14.2 Å². The zero-order chi connectivity index (χ0) is 19.6. The lowest BCUT2D eigenvalue weighted by molar-refractivity contribution is -0.119. The molecule has 6 nitrogen and oxygen atoms in total. The van der Waals surface area contributed by atoms with Gasteiger partial charge in [-0.1, -0.05) is 42.3 Å². The summed E-state index contributed by atoms with van der Waals surface area (Å²) in [5.74, 6) is -0.147. The largest absolute Gasteiger partial charge is 0.322 e. The number of halogens is 2. The zero-order valence-corrected chi connectivity index (χ0v) is 16.9. The normalized spacial score (nSPS) is 12.2. The molecule has 0 aliphatic rings. The number of anilines is 1. The van der Waals surface area contributed by atoms with E-state index in [1.807, 2.05) is 45.0 Å². The monoisotopic (exact) mass is 405 g/mol. The minimum absolute atomic E-state index is 0.147. The summed E-state index contributed by atoms with van der Waals surface area (Å²) in [4.78, 5) is 12.8. The molecule has 2 aromatic heterocycles. The molecule has 1 unspecified atom stereocenters. The van der Waals surface area contributed by atoms with Crippen LogP contribution < -0.4 is 5.32 Å². The van der Waals surface area contributed by atoms with Crippen molar-refractivity contribution in [2.45, 2.75) is 39.8 Å². The lowest BCUT2D eigenvalue weighted by atomic mass is 10.2. The fraction of sp³-hybridized carbons (Fsp3) is 0.316. The summed E-state index contributed by atoms with van der Waals surface area (Å²) in [5, 5.41) is 12.9. The first-order valence-electron chi connectivity index (χ1n) is 8.68. The van der Waals surface area contributed by atoms with Crippen LogP contribution in [0, 0.1) is 13.8 Å². The van der Waals surface area contributed by atoms with Crippen LogP contribution >= 0.6 is 23.2 Å². The van der Waals surface area contributed by atoms with Crippen molar-refractivity contribution in [1.29, 1.82) is 0 Å². The van der Waals surface area contributed by atoms with Gasteiger partial charge in [-0.25, -0.2) is 0 Å². The van der Waals surface area contributed by atoms with E-state index in [9.17, 15) is 4.79 Å². The number of aryl methyl sites for hydroxylation is 1. The average Bonchev–Trinajstić information content (AvgIpc) is 3.18. The topological polar surface area (TPSA) is 64.7 Å². The molecule has 0 saturated carbocycles. The first-order chi connectivity index (χ1) is 12.9. The Morgan fingerprint density at radius 3 is 2.52 bits per heavy atom. The molecule has 0 aliphatic carbocycles. The number of aromatic nitrogens is 4. The third-order valence-corrected chi connectivity index (χ3v) is 5.18. The molecule has 2 heterocycles. The Morgan fingerprint density at radius 2 is 1.93 bits per heavy atom. The van der Waals surface area contributed by atoms with Crippen molar-refractivity contribution in [3.63, 3.8) is 0 Å². The fourth-order valence-corrected chi connectivity index (χ4v) is 3.18. The van der Waals surface area contributed by atoms with E-state index in [-0.39, 0.29) is 5.91 Å². The first kappa shape index (κ1) is 19.5. The van der Waals surface area contributed by atoms with Gasteiger partial charge in [0.25, 0.3) is 0 Å². The second-order valence-corrected chi connectivity index (χ2v) is 7.21. The number of nitrogens with zero attached hydrogens (tertiary/aromatic N) is 4. The Balaban J connectivity index is 1.70. The molecule has 1 amide bonds. The molecule has 27 heavy (non-hydrogen) atoms. The van der Waals surface area contributed by atoms with E-state index in [0.717, 1.165) is 17.0 Å². The molecular formula is C19H21Cl2N5O. The van der Waals surface area contributed by atoms with Crippen molar-refractivity contribution in [3.05, 3.63) is 63.7 Å². The number of hydrogen-bond donors (Lipinski definition) is 1. The lowest BCUT2D eigenvalue weighted by Crippen LogP contribution is -2.27. The molecule has 3 rings (SSSR count). The first-order valence-corrected chi connectivity index (χ1v) is 9.43. The number of benzene rings is 1. The molecule has 142 valence electrons. The maximum absolute atomic E-state index is 12.8. The molecule has 0 radical (unpaired) electrons. The lowest BCUT2D eigenvalue weighted by Gasteiger charge is -2.16. The molecular weight excluding hydrogens is 385 g/mol. The molecule has 0 aliphatic heterocycles. The minimum atomic E-state index is -0.434. The van der Waals surface area contributed by atoms with Crippen LogP contribution in [0.25, 0.3) is 0 Å². The number of rotatable bonds is 6. The highest BCUT2D eigenvalue weighted by molar-refractivity contribution is 6.31. The second-order valence-electron chi connectivity index (χ2n) is 6.40. The summed E-state index contributed by atoms with van der Waals surface area (Å²) >= 11 is 12.1. The standard InChI is InChI=1S/C19H21Cl2N5O/c1-4-17(26-13(3)18(21)12(2)24-26)19(27)23-16-9-22-25(11-16)10-14-5-7-15(20)8-6-14/h5-9,11,17H,4,10H2,1-3H3,(H,23,27). The zero-order valence-electron chi connectivity index (χ0n) is 15.4. The van der Waals surface area contributed by atoms with E-state index in [0.29, 0.717) is 28.7 Å². The number of carbonyl (C=O) groups excluding carboxylic acids is 1. The van der Waals surface area contributed by atoms with Gasteiger partial charge in [0, 0.05) is 11.2 Å². The van der Waals surface area contributed by atoms with E-state index < -0.39 is 6.04 Å². The average molecular weight is 406 g/mol. The SMILES string of the molecule is CCC(C(=O)Nc1cnn(Cc2ccc(Cl)cc2)c1)n1nc(C)c(Cl)c1C. The summed E-state index contributed by atoms with van der Waals surface area (Å²) in [6, 6.07) is 7.14. The van der Waals surface area contributed by atoms with Crippen molar-refractivity contribution in [3.8, 4) is 0 Å². The third kappa shape index (κ3) is 4.34. The quantitative estimate of drug-likeness (QED) is 0.649. The van der Waals surface area contributed by atoms with E-state index in [2.05, 4.69) is 15.5 Å². The van der Waals surface area contributed by atoms with Crippen LogP contribution in [0.15, 0.2) is 36.7 Å². The second kappa shape index (κ2) is 8.15. The molecule has 8 heteroatoms. The van der Waals surface area contributed by atoms with Crippen LogP contribution in [0.3, 0.4) is 0 Å². The number of hydrogen-bond acceptors (Lipinski definition) is 3. The number of nitrogens with one attached hydrogen (secondary N) is 1. The van der Waals surface area contributed by atoms with Gasteiger partial charge in [0.1, 0.15) is 6.04 Å². The highest BCUT2D eigenvalue weighted by Gasteiger charge is 2.23. The van der Waals surface area contributed by atoms with Gasteiger partial charge in [-0.15, -0.1) is 0 Å². The smallest absolute Gasteiger partial charge is 0.249 e. The molecule has 1 atom stereocenters. The van der Waals surface area contributed by atoms with Crippen molar-refractivity contribution in [2.24, 2.45) is 0 Å². The van der Waals surface area contributed by atoms with Crippen LogP contribution in [-0.4, -0.2) is 25.5 Å². The summed E-state index contributed by atoms with van der Waals surface area (Å²) in [7, 11) is 0. The van der Waals surface area contributed by atoms with Crippen LogP contribution in [0.5, 0.6) is 0 Å². The third-order valence-electron chi connectivity index (χ3n) is 4.38. The van der Waals surface area contributed by atoms with Crippen LogP contribution in [0.4, 0.5) is 5.69 Å². The van der Waals surface area contributed by atoms with Crippen LogP contribution in [0.1, 0.15) is 36.3 Å². The van der Waals surface area contributed by atoms with Gasteiger partial charge in [-0.05, 0) is 38.0 Å².